The summed E-state index contributed by atoms with van der Waals surface area (Å²) < 4.78 is 0. The number of carbonyl (C=O) groups is 2. The van der Waals surface area contributed by atoms with Gasteiger partial charge in [0.25, 0.3) is 0 Å². The predicted molar refractivity (Wildman–Crippen MR) is 66.2 cm³/mol. The van der Waals surface area contributed by atoms with Crippen LogP contribution in [0, 0.1) is 0 Å². The van der Waals surface area contributed by atoms with Gasteiger partial charge in [-0.3, -0.25) is 9.59 Å². The number of hydrogen-bond donors (Lipinski definition) is 0. The second kappa shape index (κ2) is 6.26. The van der Waals surface area contributed by atoms with Crippen LogP contribution < -0.4 is 0 Å². The molecule has 0 saturated heterocycles. The van der Waals surface area contributed by atoms with Crippen LogP contribution in [0.25, 0.3) is 12.2 Å². The van der Waals surface area contributed by atoms with Crippen LogP contribution >= 0.6 is 23.2 Å². The summed E-state index contributed by atoms with van der Waals surface area (Å²) >= 11 is 10.3. The third-order valence-electron chi connectivity index (χ3n) is 1.75. The predicted octanol–water partition coefficient (Wildman–Crippen LogP) is 3.24. The Morgan fingerprint density at radius 2 is 1.12 bits per heavy atom. The van der Waals surface area contributed by atoms with Crippen molar-refractivity contribution in [2.24, 2.45) is 0 Å². The smallest absolute Gasteiger partial charge is 0.245 e. The number of halogens is 2. The quantitative estimate of drug-likeness (QED) is 0.611. The third-order valence-corrected chi connectivity index (χ3v) is 2.00. The van der Waals surface area contributed by atoms with Crippen LogP contribution in [0.4, 0.5) is 0 Å². The Morgan fingerprint density at radius 1 is 0.812 bits per heavy atom. The molecule has 16 heavy (non-hydrogen) atoms. The van der Waals surface area contributed by atoms with Gasteiger partial charge in [0, 0.05) is 0 Å². The van der Waals surface area contributed by atoms with Crippen LogP contribution in [0.2, 0.25) is 0 Å². The van der Waals surface area contributed by atoms with Crippen molar-refractivity contribution in [2.45, 2.75) is 0 Å². The fraction of sp³-hybridized carbons (Fsp3) is 0. The first-order valence-corrected chi connectivity index (χ1v) is 5.18. The number of rotatable bonds is 4. The largest absolute Gasteiger partial charge is 0.276 e. The lowest BCUT2D eigenvalue weighted by atomic mass is 10.1. The van der Waals surface area contributed by atoms with E-state index in [-0.39, 0.29) is 0 Å². The maximum atomic E-state index is 10.5. The molecule has 0 fully saturated rings. The van der Waals surface area contributed by atoms with Gasteiger partial charge in [0.1, 0.15) is 0 Å². The molecule has 0 heterocycles. The van der Waals surface area contributed by atoms with E-state index in [1.54, 1.807) is 36.4 Å². The summed E-state index contributed by atoms with van der Waals surface area (Å²) in [5.74, 6) is 0. The van der Waals surface area contributed by atoms with Crippen molar-refractivity contribution >= 4 is 45.8 Å². The molecule has 0 radical (unpaired) electrons. The third kappa shape index (κ3) is 4.91. The van der Waals surface area contributed by atoms with Crippen LogP contribution in [0.1, 0.15) is 11.1 Å². The second-order valence-electron chi connectivity index (χ2n) is 2.94. The van der Waals surface area contributed by atoms with Gasteiger partial charge in [-0.15, -0.1) is 0 Å². The van der Waals surface area contributed by atoms with Gasteiger partial charge in [0.15, 0.2) is 0 Å². The molecule has 1 rings (SSSR count). The van der Waals surface area contributed by atoms with E-state index in [9.17, 15) is 9.59 Å². The molecule has 0 spiro atoms. The van der Waals surface area contributed by atoms with Crippen molar-refractivity contribution < 1.29 is 9.59 Å². The van der Waals surface area contributed by atoms with E-state index in [0.29, 0.717) is 0 Å². The summed E-state index contributed by atoms with van der Waals surface area (Å²) in [5, 5.41) is -1.03. The zero-order valence-corrected chi connectivity index (χ0v) is 9.70. The SMILES string of the molecule is O=C(Cl)C=Cc1ccc(/C=C/C(=O)Cl)cc1. The normalized spacial score (nSPS) is 11.1. The Morgan fingerprint density at radius 3 is 1.38 bits per heavy atom. The fourth-order valence-corrected chi connectivity index (χ4v) is 1.17. The van der Waals surface area contributed by atoms with E-state index in [1.165, 1.54) is 12.2 Å². The van der Waals surface area contributed by atoms with Gasteiger partial charge < -0.3 is 0 Å². The van der Waals surface area contributed by atoms with E-state index in [1.807, 2.05) is 0 Å². The molecule has 0 aliphatic heterocycles. The Bertz CT molecular complexity index is 402. The summed E-state index contributed by atoms with van der Waals surface area (Å²) in [6, 6.07) is 7.20. The maximum absolute atomic E-state index is 10.5. The highest BCUT2D eigenvalue weighted by Crippen LogP contribution is 2.08. The van der Waals surface area contributed by atoms with Crippen molar-refractivity contribution in [3.8, 4) is 0 Å². The molecule has 0 aliphatic rings. The highest BCUT2D eigenvalue weighted by molar-refractivity contribution is 6.67. The molecule has 0 aliphatic carbocycles. The monoisotopic (exact) mass is 254 g/mol. The molecule has 0 bridgehead atoms. The molecule has 1 aromatic carbocycles. The molecule has 2 nitrogen and oxygen atoms in total. The summed E-state index contributed by atoms with van der Waals surface area (Å²) in [6.07, 6.45) is 5.76. The lowest BCUT2D eigenvalue weighted by molar-refractivity contribution is -0.108. The molecule has 1 aromatic rings. The van der Waals surface area contributed by atoms with Crippen molar-refractivity contribution in [1.82, 2.24) is 0 Å². The number of carbonyl (C=O) groups excluding carboxylic acids is 2. The molecule has 0 unspecified atom stereocenters. The molecular weight excluding hydrogens is 247 g/mol. The lowest BCUT2D eigenvalue weighted by Gasteiger charge is -1.94. The van der Waals surface area contributed by atoms with Crippen molar-refractivity contribution in [1.29, 1.82) is 0 Å². The first kappa shape index (κ1) is 12.7. The highest BCUT2D eigenvalue weighted by atomic mass is 35.5. The van der Waals surface area contributed by atoms with Crippen LogP contribution in [-0.2, 0) is 9.59 Å². The Kier molecular flexibility index (Phi) is 4.96. The minimum atomic E-state index is -0.517. The van der Waals surface area contributed by atoms with Crippen molar-refractivity contribution in [2.75, 3.05) is 0 Å². The number of hydrogen-bond acceptors (Lipinski definition) is 2. The highest BCUT2D eigenvalue weighted by Gasteiger charge is 1.91. The van der Waals surface area contributed by atoms with E-state index >= 15 is 0 Å². The molecular formula is C12H8Cl2O2. The summed E-state index contributed by atoms with van der Waals surface area (Å²) in [6.45, 7) is 0. The van der Waals surface area contributed by atoms with Gasteiger partial charge in [-0.25, -0.2) is 0 Å². The van der Waals surface area contributed by atoms with E-state index in [0.717, 1.165) is 11.1 Å². The lowest BCUT2D eigenvalue weighted by Crippen LogP contribution is -1.79. The molecule has 82 valence electrons. The van der Waals surface area contributed by atoms with Gasteiger partial charge in [-0.1, -0.05) is 36.4 Å². The van der Waals surface area contributed by atoms with Crippen molar-refractivity contribution in [3.63, 3.8) is 0 Å². The Balaban J connectivity index is 2.75. The molecule has 4 heteroatoms. The van der Waals surface area contributed by atoms with E-state index < -0.39 is 10.5 Å². The zero-order valence-electron chi connectivity index (χ0n) is 8.19. The van der Waals surface area contributed by atoms with Crippen molar-refractivity contribution in [3.05, 3.63) is 47.5 Å². The Labute approximate surface area is 103 Å². The topological polar surface area (TPSA) is 34.1 Å². The summed E-state index contributed by atoms with van der Waals surface area (Å²) in [5.41, 5.74) is 1.70. The second-order valence-corrected chi connectivity index (χ2v) is 3.69. The zero-order chi connectivity index (χ0) is 12.0. The van der Waals surface area contributed by atoms with E-state index in [2.05, 4.69) is 0 Å². The van der Waals surface area contributed by atoms with Gasteiger partial charge in [-0.2, -0.15) is 0 Å². The number of allylic oxidation sites excluding steroid dienone is 2. The minimum Gasteiger partial charge on any atom is -0.276 e. The first-order chi connectivity index (χ1) is 7.58. The summed E-state index contributed by atoms with van der Waals surface area (Å²) in [4.78, 5) is 21.0. The average molecular weight is 255 g/mol. The van der Waals surface area contributed by atoms with Gasteiger partial charge in [-0.05, 0) is 46.5 Å². The van der Waals surface area contributed by atoms with Crippen LogP contribution in [0.3, 0.4) is 0 Å². The summed E-state index contributed by atoms with van der Waals surface area (Å²) in [7, 11) is 0. The van der Waals surface area contributed by atoms with Crippen LogP contribution in [0.15, 0.2) is 36.4 Å². The van der Waals surface area contributed by atoms with Gasteiger partial charge in [0.05, 0.1) is 0 Å². The Hall–Kier alpha value is -1.38. The van der Waals surface area contributed by atoms with Gasteiger partial charge in [0.2, 0.25) is 10.5 Å². The molecule has 0 saturated carbocycles. The average Bonchev–Trinajstić information content (AvgIpc) is 2.25. The first-order valence-electron chi connectivity index (χ1n) is 4.43. The molecule has 0 atom stereocenters. The fourth-order valence-electron chi connectivity index (χ4n) is 1.04. The van der Waals surface area contributed by atoms with Crippen LogP contribution in [0.5, 0.6) is 0 Å². The van der Waals surface area contributed by atoms with Gasteiger partial charge >= 0.3 is 0 Å². The molecule has 0 aromatic heterocycles. The van der Waals surface area contributed by atoms with E-state index in [4.69, 9.17) is 23.2 Å². The number of benzene rings is 1. The maximum Gasteiger partial charge on any atom is 0.245 e. The molecule has 0 amide bonds. The molecule has 0 N–H and O–H groups in total. The minimum absolute atomic E-state index is 0.517. The standard InChI is InChI=1S/C12H8Cl2O2/c13-11(15)7-5-9-1-2-10(4-3-9)6-8-12(14)16/h1-8H/b7-5+,8-6?. The van der Waals surface area contributed by atoms with Crippen LogP contribution in [-0.4, -0.2) is 10.5 Å².